The van der Waals surface area contributed by atoms with Crippen molar-refractivity contribution in [2.45, 2.75) is 58.3 Å². The molecule has 6 heteroatoms. The van der Waals surface area contributed by atoms with Crippen molar-refractivity contribution in [3.63, 3.8) is 0 Å². The molecule has 0 spiro atoms. The van der Waals surface area contributed by atoms with Gasteiger partial charge >= 0.3 is 0 Å². The van der Waals surface area contributed by atoms with Crippen LogP contribution in [0.4, 0.5) is 0 Å². The highest BCUT2D eigenvalue weighted by molar-refractivity contribution is 7.89. The van der Waals surface area contributed by atoms with Gasteiger partial charge in [0.05, 0.1) is 11.4 Å². The fourth-order valence-electron chi connectivity index (χ4n) is 3.21. The van der Waals surface area contributed by atoms with Crippen LogP contribution in [0.2, 0.25) is 0 Å². The number of aromatic nitrogens is 2. The first kappa shape index (κ1) is 15.5. The van der Waals surface area contributed by atoms with Crippen LogP contribution in [-0.2, 0) is 10.0 Å². The molecule has 0 unspecified atom stereocenters. The van der Waals surface area contributed by atoms with Gasteiger partial charge < -0.3 is 0 Å². The molecular weight excluding hydrogens is 274 g/mol. The van der Waals surface area contributed by atoms with Crippen molar-refractivity contribution in [2.24, 2.45) is 5.41 Å². The predicted octanol–water partition coefficient (Wildman–Crippen LogP) is 2.62. The molecule has 0 aromatic carbocycles. The Morgan fingerprint density at radius 1 is 1.20 bits per heavy atom. The Labute approximate surface area is 121 Å². The summed E-state index contributed by atoms with van der Waals surface area (Å²) in [4.78, 5) is 0.359. The maximum Gasteiger partial charge on any atom is 0.246 e. The van der Waals surface area contributed by atoms with Gasteiger partial charge in [-0.3, -0.25) is 5.10 Å². The third kappa shape index (κ3) is 2.51. The fourth-order valence-corrected chi connectivity index (χ4v) is 4.98. The van der Waals surface area contributed by atoms with E-state index in [1.807, 2.05) is 0 Å². The largest absolute Gasteiger partial charge is 0.281 e. The van der Waals surface area contributed by atoms with Crippen molar-refractivity contribution < 1.29 is 8.42 Å². The number of aryl methyl sites for hydroxylation is 2. The summed E-state index contributed by atoms with van der Waals surface area (Å²) in [5.74, 6) is 0. The lowest BCUT2D eigenvalue weighted by Gasteiger charge is -2.40. The first-order valence-electron chi connectivity index (χ1n) is 7.38. The molecule has 0 radical (unpaired) electrons. The zero-order chi connectivity index (χ0) is 15.0. The van der Waals surface area contributed by atoms with Gasteiger partial charge in [0.25, 0.3) is 0 Å². The van der Waals surface area contributed by atoms with Gasteiger partial charge in [-0.15, -0.1) is 0 Å². The van der Waals surface area contributed by atoms with Crippen molar-refractivity contribution in [3.05, 3.63) is 11.4 Å². The number of aromatic amines is 1. The SMILES string of the molecule is CCC1(CC)CCN(S(=O)(=O)c2c(C)n[nH]c2C)CC1. The number of hydrogen-bond acceptors (Lipinski definition) is 3. The fraction of sp³-hybridized carbons (Fsp3) is 0.786. The summed E-state index contributed by atoms with van der Waals surface area (Å²) in [6.07, 6.45) is 4.16. The van der Waals surface area contributed by atoms with Gasteiger partial charge in [0, 0.05) is 13.1 Å². The molecule has 2 heterocycles. The van der Waals surface area contributed by atoms with E-state index in [0.29, 0.717) is 34.8 Å². The molecule has 1 aliphatic heterocycles. The van der Waals surface area contributed by atoms with Gasteiger partial charge in [-0.05, 0) is 32.1 Å². The van der Waals surface area contributed by atoms with Gasteiger partial charge in [0.2, 0.25) is 10.0 Å². The molecule has 1 aromatic heterocycles. The Morgan fingerprint density at radius 3 is 2.15 bits per heavy atom. The molecule has 2 rings (SSSR count). The third-order valence-electron chi connectivity index (χ3n) is 4.94. The highest BCUT2D eigenvalue weighted by Crippen LogP contribution is 2.39. The zero-order valence-corrected chi connectivity index (χ0v) is 13.7. The molecule has 1 aromatic rings. The quantitative estimate of drug-likeness (QED) is 0.929. The maximum absolute atomic E-state index is 12.7. The molecule has 1 saturated heterocycles. The van der Waals surface area contributed by atoms with Crippen LogP contribution >= 0.6 is 0 Å². The summed E-state index contributed by atoms with van der Waals surface area (Å²) in [7, 11) is -3.41. The van der Waals surface area contributed by atoms with E-state index in [1.54, 1.807) is 18.2 Å². The van der Waals surface area contributed by atoms with Gasteiger partial charge in [0.1, 0.15) is 4.90 Å². The predicted molar refractivity (Wildman–Crippen MR) is 79.1 cm³/mol. The van der Waals surface area contributed by atoms with Crippen LogP contribution in [0, 0.1) is 19.3 Å². The summed E-state index contributed by atoms with van der Waals surface area (Å²) in [6, 6.07) is 0. The standard InChI is InChI=1S/C14H25N3O2S/c1-5-14(6-2)7-9-17(10-8-14)20(18,19)13-11(3)15-16-12(13)4/h5-10H2,1-4H3,(H,15,16). The molecule has 5 nitrogen and oxygen atoms in total. The summed E-state index contributed by atoms with van der Waals surface area (Å²) in [5, 5.41) is 6.77. The van der Waals surface area contributed by atoms with Crippen LogP contribution in [0.15, 0.2) is 4.90 Å². The van der Waals surface area contributed by atoms with Crippen LogP contribution in [0.5, 0.6) is 0 Å². The zero-order valence-electron chi connectivity index (χ0n) is 12.9. The van der Waals surface area contributed by atoms with Gasteiger partial charge in [-0.25, -0.2) is 8.42 Å². The highest BCUT2D eigenvalue weighted by atomic mass is 32.2. The van der Waals surface area contributed by atoms with E-state index in [-0.39, 0.29) is 0 Å². The minimum atomic E-state index is -3.41. The second-order valence-corrected chi connectivity index (χ2v) is 7.75. The first-order chi connectivity index (χ1) is 9.36. The lowest BCUT2D eigenvalue weighted by atomic mass is 9.75. The number of nitrogens with zero attached hydrogens (tertiary/aromatic N) is 2. The number of H-pyrrole nitrogens is 1. The van der Waals surface area contributed by atoms with Gasteiger partial charge in [-0.2, -0.15) is 9.40 Å². The van der Waals surface area contributed by atoms with Crippen LogP contribution in [0.25, 0.3) is 0 Å². The van der Waals surface area contributed by atoms with Gasteiger partial charge in [-0.1, -0.05) is 26.7 Å². The van der Waals surface area contributed by atoms with Crippen LogP contribution in [0.1, 0.15) is 50.9 Å². The second-order valence-electron chi connectivity index (χ2n) is 5.87. The minimum Gasteiger partial charge on any atom is -0.281 e. The summed E-state index contributed by atoms with van der Waals surface area (Å²) in [6.45, 7) is 9.15. The van der Waals surface area contributed by atoms with Crippen molar-refractivity contribution in [1.29, 1.82) is 0 Å². The number of hydrogen-bond donors (Lipinski definition) is 1. The normalized spacial score (nSPS) is 20.2. The molecule has 0 amide bonds. The van der Waals surface area contributed by atoms with Gasteiger partial charge in [0.15, 0.2) is 0 Å². The Morgan fingerprint density at radius 2 is 1.75 bits per heavy atom. The van der Waals surface area contributed by atoms with Crippen molar-refractivity contribution in [1.82, 2.24) is 14.5 Å². The number of rotatable bonds is 4. The molecule has 1 fully saturated rings. The summed E-state index contributed by atoms with van der Waals surface area (Å²) >= 11 is 0. The van der Waals surface area contributed by atoms with E-state index >= 15 is 0 Å². The Hall–Kier alpha value is -0.880. The maximum atomic E-state index is 12.7. The van der Waals surface area contributed by atoms with Crippen LogP contribution in [-0.4, -0.2) is 36.0 Å². The van der Waals surface area contributed by atoms with Crippen molar-refractivity contribution >= 4 is 10.0 Å². The third-order valence-corrected chi connectivity index (χ3v) is 7.10. The molecule has 0 atom stereocenters. The van der Waals surface area contributed by atoms with Crippen LogP contribution < -0.4 is 0 Å². The summed E-state index contributed by atoms with van der Waals surface area (Å²) < 4.78 is 27.1. The first-order valence-corrected chi connectivity index (χ1v) is 8.82. The molecule has 0 bridgehead atoms. The Balaban J connectivity index is 2.22. The smallest absolute Gasteiger partial charge is 0.246 e. The minimum absolute atomic E-state index is 0.326. The Kier molecular flexibility index (Phi) is 4.25. The Bertz CT molecular complexity index is 544. The molecule has 114 valence electrons. The number of sulfonamides is 1. The number of nitrogens with one attached hydrogen (secondary N) is 1. The highest BCUT2D eigenvalue weighted by Gasteiger charge is 2.37. The molecule has 1 N–H and O–H groups in total. The molecule has 1 aliphatic rings. The van der Waals surface area contributed by atoms with Crippen LogP contribution in [0.3, 0.4) is 0 Å². The van der Waals surface area contributed by atoms with E-state index < -0.39 is 10.0 Å². The lowest BCUT2D eigenvalue weighted by Crippen LogP contribution is -2.43. The topological polar surface area (TPSA) is 66.1 Å². The van der Waals surface area contributed by atoms with E-state index in [9.17, 15) is 8.42 Å². The molecular formula is C14H25N3O2S. The average Bonchev–Trinajstić information content (AvgIpc) is 2.78. The van der Waals surface area contributed by atoms with Crippen molar-refractivity contribution in [2.75, 3.05) is 13.1 Å². The lowest BCUT2D eigenvalue weighted by molar-refractivity contribution is 0.141. The van der Waals surface area contributed by atoms with E-state index in [2.05, 4.69) is 24.0 Å². The average molecular weight is 299 g/mol. The number of piperidine rings is 1. The van der Waals surface area contributed by atoms with Crippen molar-refractivity contribution in [3.8, 4) is 0 Å². The molecule has 0 saturated carbocycles. The monoisotopic (exact) mass is 299 g/mol. The van der Waals surface area contributed by atoms with E-state index in [4.69, 9.17) is 0 Å². The van der Waals surface area contributed by atoms with E-state index in [0.717, 1.165) is 25.7 Å². The van der Waals surface area contributed by atoms with E-state index in [1.165, 1.54) is 0 Å². The summed E-state index contributed by atoms with van der Waals surface area (Å²) in [5.41, 5.74) is 1.52. The second kappa shape index (κ2) is 5.48. The molecule has 0 aliphatic carbocycles. The molecule has 20 heavy (non-hydrogen) atoms.